The molecule has 0 aliphatic carbocycles. The molecule has 116 valence electrons. The van der Waals surface area contributed by atoms with Crippen LogP contribution in [0.4, 0.5) is 0 Å². The topological polar surface area (TPSA) is 32.7 Å². The van der Waals surface area contributed by atoms with Gasteiger partial charge in [0.1, 0.15) is 0 Å². The molecule has 1 N–H and O–H groups in total. The van der Waals surface area contributed by atoms with E-state index >= 15 is 0 Å². The molecule has 1 heterocycles. The maximum absolute atomic E-state index is 9.92. The lowest BCUT2D eigenvalue weighted by atomic mass is 10.0. The minimum Gasteiger partial charge on any atom is -0.504 e. The zero-order chi connectivity index (χ0) is 15.5. The van der Waals surface area contributed by atoms with E-state index < -0.39 is 0 Å². The van der Waals surface area contributed by atoms with Crippen LogP contribution in [0.15, 0.2) is 42.5 Å². The van der Waals surface area contributed by atoms with Gasteiger partial charge in [-0.25, -0.2) is 0 Å². The van der Waals surface area contributed by atoms with Gasteiger partial charge in [0.05, 0.1) is 7.11 Å². The molecule has 1 aliphatic heterocycles. The minimum absolute atomic E-state index is 0.197. The van der Waals surface area contributed by atoms with Crippen molar-refractivity contribution < 1.29 is 9.84 Å². The number of phenols is 1. The van der Waals surface area contributed by atoms with Gasteiger partial charge in [0, 0.05) is 17.6 Å². The summed E-state index contributed by atoms with van der Waals surface area (Å²) in [6.45, 7) is 1.89. The summed E-state index contributed by atoms with van der Waals surface area (Å²) >= 11 is 5.98. The van der Waals surface area contributed by atoms with Gasteiger partial charge in [0.25, 0.3) is 0 Å². The van der Waals surface area contributed by atoms with E-state index in [0.29, 0.717) is 11.8 Å². The monoisotopic (exact) mass is 317 g/mol. The van der Waals surface area contributed by atoms with Gasteiger partial charge in [0.2, 0.25) is 0 Å². The SMILES string of the molecule is COc1ccc(CN2CCC[C@H]2c2ccc(Cl)cc2)cc1O. The van der Waals surface area contributed by atoms with Crippen molar-refractivity contribution >= 4 is 11.6 Å². The molecule has 1 saturated heterocycles. The molecule has 0 aromatic heterocycles. The van der Waals surface area contributed by atoms with E-state index in [-0.39, 0.29) is 5.75 Å². The summed E-state index contributed by atoms with van der Waals surface area (Å²) in [5, 5.41) is 10.7. The van der Waals surface area contributed by atoms with E-state index in [1.54, 1.807) is 13.2 Å². The van der Waals surface area contributed by atoms with Gasteiger partial charge in [-0.2, -0.15) is 0 Å². The van der Waals surface area contributed by atoms with E-state index in [0.717, 1.165) is 30.1 Å². The third kappa shape index (κ3) is 3.21. The number of hydrogen-bond acceptors (Lipinski definition) is 3. The van der Waals surface area contributed by atoms with Crippen LogP contribution in [0.1, 0.15) is 30.0 Å². The van der Waals surface area contributed by atoms with Gasteiger partial charge < -0.3 is 9.84 Å². The van der Waals surface area contributed by atoms with Crippen molar-refractivity contribution in [1.82, 2.24) is 4.90 Å². The van der Waals surface area contributed by atoms with Gasteiger partial charge in [-0.1, -0.05) is 29.8 Å². The second-order valence-corrected chi connectivity index (χ2v) is 6.12. The summed E-state index contributed by atoms with van der Waals surface area (Å²) in [5.74, 6) is 0.710. The first-order valence-electron chi connectivity index (χ1n) is 7.53. The van der Waals surface area contributed by atoms with Crippen LogP contribution in [0, 0.1) is 0 Å². The maximum Gasteiger partial charge on any atom is 0.160 e. The Morgan fingerprint density at radius 2 is 2.00 bits per heavy atom. The number of methoxy groups -OCH3 is 1. The van der Waals surface area contributed by atoms with Crippen molar-refractivity contribution in [2.45, 2.75) is 25.4 Å². The molecule has 22 heavy (non-hydrogen) atoms. The van der Waals surface area contributed by atoms with Crippen molar-refractivity contribution in [3.05, 3.63) is 58.6 Å². The highest BCUT2D eigenvalue weighted by atomic mass is 35.5. The van der Waals surface area contributed by atoms with E-state index in [2.05, 4.69) is 17.0 Å². The molecular weight excluding hydrogens is 298 g/mol. The van der Waals surface area contributed by atoms with Gasteiger partial charge in [-0.3, -0.25) is 4.90 Å². The molecular formula is C18H20ClNO2. The van der Waals surface area contributed by atoms with Crippen molar-refractivity contribution in [1.29, 1.82) is 0 Å². The average Bonchev–Trinajstić information content (AvgIpc) is 2.96. The van der Waals surface area contributed by atoms with E-state index in [1.807, 2.05) is 24.3 Å². The lowest BCUT2D eigenvalue weighted by molar-refractivity contribution is 0.248. The summed E-state index contributed by atoms with van der Waals surface area (Å²) in [5.41, 5.74) is 2.40. The molecule has 3 rings (SSSR count). The number of hydrogen-bond donors (Lipinski definition) is 1. The quantitative estimate of drug-likeness (QED) is 0.907. The van der Waals surface area contributed by atoms with Crippen LogP contribution in [-0.4, -0.2) is 23.7 Å². The first-order valence-corrected chi connectivity index (χ1v) is 7.90. The zero-order valence-electron chi connectivity index (χ0n) is 12.6. The summed E-state index contributed by atoms with van der Waals surface area (Å²) < 4.78 is 5.10. The number of aromatic hydroxyl groups is 1. The molecule has 2 aromatic rings. The van der Waals surface area contributed by atoms with Crippen molar-refractivity contribution in [3.63, 3.8) is 0 Å². The fraction of sp³-hybridized carbons (Fsp3) is 0.333. The van der Waals surface area contributed by atoms with Gasteiger partial charge in [-0.15, -0.1) is 0 Å². The van der Waals surface area contributed by atoms with Crippen LogP contribution in [-0.2, 0) is 6.54 Å². The first kappa shape index (κ1) is 15.2. The fourth-order valence-corrected chi connectivity index (χ4v) is 3.27. The maximum atomic E-state index is 9.92. The molecule has 0 unspecified atom stereocenters. The number of halogens is 1. The van der Waals surface area contributed by atoms with Gasteiger partial charge in [0.15, 0.2) is 11.5 Å². The summed E-state index contributed by atoms with van der Waals surface area (Å²) in [4.78, 5) is 2.45. The van der Waals surface area contributed by atoms with E-state index in [9.17, 15) is 5.11 Å². The molecule has 0 amide bonds. The highest BCUT2D eigenvalue weighted by Crippen LogP contribution is 2.35. The van der Waals surface area contributed by atoms with Crippen LogP contribution in [0.2, 0.25) is 5.02 Å². The third-order valence-corrected chi connectivity index (χ3v) is 4.50. The Morgan fingerprint density at radius 1 is 1.23 bits per heavy atom. The highest BCUT2D eigenvalue weighted by molar-refractivity contribution is 6.30. The number of phenolic OH excluding ortho intramolecular Hbond substituents is 1. The predicted molar refractivity (Wildman–Crippen MR) is 88.5 cm³/mol. The molecule has 0 spiro atoms. The average molecular weight is 318 g/mol. The van der Waals surface area contributed by atoms with Gasteiger partial charge in [-0.05, 0) is 54.8 Å². The Morgan fingerprint density at radius 3 is 2.68 bits per heavy atom. The largest absolute Gasteiger partial charge is 0.504 e. The highest BCUT2D eigenvalue weighted by Gasteiger charge is 2.26. The molecule has 0 bridgehead atoms. The summed E-state index contributed by atoms with van der Waals surface area (Å²) in [6, 6.07) is 14.2. The van der Waals surface area contributed by atoms with E-state index in [1.165, 1.54) is 12.0 Å². The van der Waals surface area contributed by atoms with E-state index in [4.69, 9.17) is 16.3 Å². The Kier molecular flexibility index (Phi) is 4.55. The summed E-state index contributed by atoms with van der Waals surface area (Å²) in [6.07, 6.45) is 2.35. The second kappa shape index (κ2) is 6.59. The lowest BCUT2D eigenvalue weighted by Crippen LogP contribution is -2.22. The van der Waals surface area contributed by atoms with Crippen molar-refractivity contribution in [3.8, 4) is 11.5 Å². The predicted octanol–water partition coefficient (Wildman–Crippen LogP) is 4.39. The summed E-state index contributed by atoms with van der Waals surface area (Å²) in [7, 11) is 1.56. The standard InChI is InChI=1S/C18H20ClNO2/c1-22-18-9-4-13(11-17(18)21)12-20-10-2-3-16(20)14-5-7-15(19)8-6-14/h4-9,11,16,21H,2-3,10,12H2,1H3/t16-/m0/s1. The van der Waals surface area contributed by atoms with Crippen LogP contribution in [0.5, 0.6) is 11.5 Å². The zero-order valence-corrected chi connectivity index (χ0v) is 13.4. The Hall–Kier alpha value is -1.71. The molecule has 1 aliphatic rings. The molecule has 1 atom stereocenters. The smallest absolute Gasteiger partial charge is 0.160 e. The van der Waals surface area contributed by atoms with Crippen molar-refractivity contribution in [2.75, 3.05) is 13.7 Å². The van der Waals surface area contributed by atoms with Crippen LogP contribution >= 0.6 is 11.6 Å². The number of nitrogens with zero attached hydrogens (tertiary/aromatic N) is 1. The normalized spacial score (nSPS) is 18.5. The molecule has 0 saturated carbocycles. The van der Waals surface area contributed by atoms with Crippen LogP contribution in [0.3, 0.4) is 0 Å². The molecule has 2 aromatic carbocycles. The third-order valence-electron chi connectivity index (χ3n) is 4.25. The number of benzene rings is 2. The van der Waals surface area contributed by atoms with Gasteiger partial charge >= 0.3 is 0 Å². The van der Waals surface area contributed by atoms with Crippen molar-refractivity contribution in [2.24, 2.45) is 0 Å². The Bertz CT molecular complexity index is 642. The second-order valence-electron chi connectivity index (χ2n) is 5.69. The Balaban J connectivity index is 1.76. The van der Waals surface area contributed by atoms with Crippen LogP contribution < -0.4 is 4.74 Å². The minimum atomic E-state index is 0.197. The number of rotatable bonds is 4. The van der Waals surface area contributed by atoms with Crippen LogP contribution in [0.25, 0.3) is 0 Å². The number of likely N-dealkylation sites (tertiary alicyclic amines) is 1. The molecule has 4 heteroatoms. The Labute approximate surface area is 136 Å². The molecule has 0 radical (unpaired) electrons. The lowest BCUT2D eigenvalue weighted by Gasteiger charge is -2.25. The number of ether oxygens (including phenoxy) is 1. The molecule has 3 nitrogen and oxygen atoms in total. The first-order chi connectivity index (χ1) is 10.7. The molecule has 1 fully saturated rings. The fourth-order valence-electron chi connectivity index (χ4n) is 3.15.